The summed E-state index contributed by atoms with van der Waals surface area (Å²) in [4.78, 5) is 28.4. The van der Waals surface area contributed by atoms with E-state index in [-0.39, 0.29) is 29.3 Å². The van der Waals surface area contributed by atoms with Crippen LogP contribution in [0.5, 0.6) is 0 Å². The minimum atomic E-state index is -3.85. The fourth-order valence-electron chi connectivity index (χ4n) is 4.44. The fourth-order valence-corrected chi connectivity index (χ4v) is 5.41. The molecule has 1 unspecified atom stereocenters. The predicted octanol–water partition coefficient (Wildman–Crippen LogP) is 3.37. The molecule has 3 rings (SSSR count). The lowest BCUT2D eigenvalue weighted by molar-refractivity contribution is -0.145. The maximum atomic E-state index is 13.5. The molecule has 2 N–H and O–H groups in total. The second-order valence-electron chi connectivity index (χ2n) is 9.22. The van der Waals surface area contributed by atoms with Gasteiger partial charge in [-0.05, 0) is 49.9 Å². The Kier molecular flexibility index (Phi) is 8.90. The van der Waals surface area contributed by atoms with Crippen LogP contribution in [0.2, 0.25) is 0 Å². The van der Waals surface area contributed by atoms with Crippen LogP contribution in [0.15, 0.2) is 52.0 Å². The summed E-state index contributed by atoms with van der Waals surface area (Å²) in [7, 11) is -3.85. The third-order valence-corrected chi connectivity index (χ3v) is 7.63. The Morgan fingerprint density at radius 2 is 1.76 bits per heavy atom. The molecule has 0 spiro atoms. The summed E-state index contributed by atoms with van der Waals surface area (Å²) in [5, 5.41) is 2.88. The number of nitrogens with one attached hydrogen (secondary N) is 2. The van der Waals surface area contributed by atoms with Crippen LogP contribution in [0.1, 0.15) is 57.3 Å². The molecule has 1 aromatic heterocycles. The van der Waals surface area contributed by atoms with Gasteiger partial charge in [-0.1, -0.05) is 50.8 Å². The molecule has 9 heteroatoms. The van der Waals surface area contributed by atoms with Crippen molar-refractivity contribution in [2.45, 2.75) is 76.4 Å². The van der Waals surface area contributed by atoms with Crippen molar-refractivity contribution in [1.29, 1.82) is 0 Å². The van der Waals surface area contributed by atoms with Crippen LogP contribution in [0.4, 0.5) is 0 Å². The van der Waals surface area contributed by atoms with Crippen molar-refractivity contribution in [3.8, 4) is 0 Å². The van der Waals surface area contributed by atoms with E-state index in [0.717, 1.165) is 37.7 Å². The van der Waals surface area contributed by atoms with Gasteiger partial charge in [0.05, 0.1) is 24.2 Å². The van der Waals surface area contributed by atoms with E-state index in [9.17, 15) is 18.0 Å². The van der Waals surface area contributed by atoms with E-state index in [1.165, 1.54) is 12.1 Å². The van der Waals surface area contributed by atoms with Gasteiger partial charge in [-0.15, -0.1) is 0 Å². The highest BCUT2D eigenvalue weighted by molar-refractivity contribution is 7.89. The Hall–Kier alpha value is -2.65. The van der Waals surface area contributed by atoms with Crippen molar-refractivity contribution in [2.75, 3.05) is 6.54 Å². The molecular weight excluding hydrogens is 454 g/mol. The van der Waals surface area contributed by atoms with Gasteiger partial charge in [0.1, 0.15) is 11.8 Å². The highest BCUT2D eigenvalue weighted by Gasteiger charge is 2.37. The van der Waals surface area contributed by atoms with Crippen molar-refractivity contribution in [1.82, 2.24) is 14.9 Å². The van der Waals surface area contributed by atoms with Crippen LogP contribution in [-0.2, 0) is 26.2 Å². The SMILES string of the molecule is Cc1ccc(S(=O)(=O)NCC(=O)N(C2CCCCC2)C(C(=O)NCc2ccco2)C(C)C)cc1. The predicted molar refractivity (Wildman–Crippen MR) is 129 cm³/mol. The minimum absolute atomic E-state index is 0.103. The van der Waals surface area contributed by atoms with Crippen LogP contribution in [-0.4, -0.2) is 43.8 Å². The molecule has 0 bridgehead atoms. The number of furan rings is 1. The van der Waals surface area contributed by atoms with Gasteiger partial charge < -0.3 is 14.6 Å². The van der Waals surface area contributed by atoms with Crippen LogP contribution < -0.4 is 10.0 Å². The van der Waals surface area contributed by atoms with Gasteiger partial charge in [0, 0.05) is 6.04 Å². The number of carbonyl (C=O) groups excluding carboxylic acids is 2. The number of nitrogens with zero attached hydrogens (tertiary/aromatic N) is 1. The Morgan fingerprint density at radius 1 is 1.09 bits per heavy atom. The molecule has 186 valence electrons. The van der Waals surface area contributed by atoms with Crippen molar-refractivity contribution >= 4 is 21.8 Å². The number of benzene rings is 1. The Bertz CT molecular complexity index is 1040. The molecular formula is C25H35N3O5S. The molecule has 1 fully saturated rings. The number of aryl methyl sites for hydroxylation is 1. The Balaban J connectivity index is 1.77. The number of amides is 2. The first kappa shape index (κ1) is 26.0. The third kappa shape index (κ3) is 6.70. The van der Waals surface area contributed by atoms with Crippen molar-refractivity contribution < 1.29 is 22.4 Å². The van der Waals surface area contributed by atoms with Crippen molar-refractivity contribution in [3.05, 3.63) is 54.0 Å². The summed E-state index contributed by atoms with van der Waals surface area (Å²) >= 11 is 0. The fraction of sp³-hybridized carbons (Fsp3) is 0.520. The first-order valence-corrected chi connectivity index (χ1v) is 13.3. The second-order valence-corrected chi connectivity index (χ2v) is 11.0. The number of hydrogen-bond acceptors (Lipinski definition) is 5. The Labute approximate surface area is 202 Å². The highest BCUT2D eigenvalue weighted by atomic mass is 32.2. The summed E-state index contributed by atoms with van der Waals surface area (Å²) in [5.41, 5.74) is 0.943. The van der Waals surface area contributed by atoms with Crippen LogP contribution >= 0.6 is 0 Å². The van der Waals surface area contributed by atoms with Crippen LogP contribution in [0, 0.1) is 12.8 Å². The summed E-state index contributed by atoms with van der Waals surface area (Å²) in [6.07, 6.45) is 6.18. The van der Waals surface area contributed by atoms with E-state index in [2.05, 4.69) is 10.0 Å². The lowest BCUT2D eigenvalue weighted by atomic mass is 9.90. The van der Waals surface area contributed by atoms with Crippen molar-refractivity contribution in [3.63, 3.8) is 0 Å². The molecule has 1 heterocycles. The number of rotatable bonds is 10. The molecule has 2 amide bonds. The maximum absolute atomic E-state index is 13.5. The molecule has 8 nitrogen and oxygen atoms in total. The van der Waals surface area contributed by atoms with Gasteiger partial charge in [-0.25, -0.2) is 13.1 Å². The average Bonchev–Trinajstić information content (AvgIpc) is 3.34. The van der Waals surface area contributed by atoms with Gasteiger partial charge in [0.15, 0.2) is 0 Å². The highest BCUT2D eigenvalue weighted by Crippen LogP contribution is 2.27. The second kappa shape index (κ2) is 11.7. The molecule has 2 aromatic rings. The molecule has 1 aliphatic carbocycles. The monoisotopic (exact) mass is 489 g/mol. The first-order chi connectivity index (χ1) is 16.2. The number of carbonyl (C=O) groups is 2. The maximum Gasteiger partial charge on any atom is 0.243 e. The topological polar surface area (TPSA) is 109 Å². The molecule has 34 heavy (non-hydrogen) atoms. The van der Waals surface area contributed by atoms with E-state index in [1.807, 2.05) is 20.8 Å². The zero-order valence-electron chi connectivity index (χ0n) is 20.1. The molecule has 1 atom stereocenters. The van der Waals surface area contributed by atoms with Gasteiger partial charge in [0.2, 0.25) is 21.8 Å². The van der Waals surface area contributed by atoms with Crippen LogP contribution in [0.25, 0.3) is 0 Å². The summed E-state index contributed by atoms with van der Waals surface area (Å²) < 4.78 is 33.2. The van der Waals surface area contributed by atoms with E-state index >= 15 is 0 Å². The standard InChI is InChI=1S/C25H35N3O5S/c1-18(2)24(25(30)26-16-21-10-7-15-33-21)28(20-8-5-4-6-9-20)23(29)17-27-34(31,32)22-13-11-19(3)12-14-22/h7,10-15,18,20,24,27H,4-6,8-9,16-17H2,1-3H3,(H,26,30). The quantitative estimate of drug-likeness (QED) is 0.532. The lowest BCUT2D eigenvalue weighted by Gasteiger charge is -2.41. The van der Waals surface area contributed by atoms with Crippen LogP contribution in [0.3, 0.4) is 0 Å². The number of sulfonamides is 1. The normalized spacial score (nSPS) is 15.8. The van der Waals surface area contributed by atoms with E-state index in [0.29, 0.717) is 5.76 Å². The largest absolute Gasteiger partial charge is 0.467 e. The number of hydrogen-bond donors (Lipinski definition) is 2. The van der Waals surface area contributed by atoms with E-state index in [4.69, 9.17) is 4.42 Å². The van der Waals surface area contributed by atoms with Gasteiger partial charge >= 0.3 is 0 Å². The summed E-state index contributed by atoms with van der Waals surface area (Å²) in [6, 6.07) is 9.15. The smallest absolute Gasteiger partial charge is 0.243 e. The van der Waals surface area contributed by atoms with Gasteiger partial charge in [0.25, 0.3) is 0 Å². The van der Waals surface area contributed by atoms with Crippen molar-refractivity contribution in [2.24, 2.45) is 5.92 Å². The molecule has 0 aliphatic heterocycles. The van der Waals surface area contributed by atoms with Gasteiger partial charge in [-0.2, -0.15) is 0 Å². The zero-order chi connectivity index (χ0) is 24.7. The summed E-state index contributed by atoms with van der Waals surface area (Å²) in [5.74, 6) is -0.199. The molecule has 1 aromatic carbocycles. The Morgan fingerprint density at radius 3 is 2.35 bits per heavy atom. The zero-order valence-corrected chi connectivity index (χ0v) is 20.9. The van der Waals surface area contributed by atoms with E-state index in [1.54, 1.807) is 35.4 Å². The lowest BCUT2D eigenvalue weighted by Crippen LogP contribution is -2.58. The molecule has 1 saturated carbocycles. The first-order valence-electron chi connectivity index (χ1n) is 11.9. The molecule has 1 aliphatic rings. The molecule has 0 saturated heterocycles. The average molecular weight is 490 g/mol. The third-order valence-electron chi connectivity index (χ3n) is 6.22. The summed E-state index contributed by atoms with van der Waals surface area (Å²) in [6.45, 7) is 5.50. The molecule has 0 radical (unpaired) electrons. The minimum Gasteiger partial charge on any atom is -0.467 e. The van der Waals surface area contributed by atoms with Gasteiger partial charge in [-0.3, -0.25) is 9.59 Å². The van der Waals surface area contributed by atoms with E-state index < -0.39 is 28.5 Å².